The van der Waals surface area contributed by atoms with Crippen LogP contribution in [-0.4, -0.2) is 31.3 Å². The summed E-state index contributed by atoms with van der Waals surface area (Å²) in [5, 5.41) is 9.49. The lowest BCUT2D eigenvalue weighted by Gasteiger charge is -2.10. The minimum absolute atomic E-state index is 0.0472. The van der Waals surface area contributed by atoms with E-state index in [2.05, 4.69) is 46.4 Å². The van der Waals surface area contributed by atoms with Crippen LogP contribution in [0.1, 0.15) is 15.9 Å². The van der Waals surface area contributed by atoms with E-state index >= 15 is 0 Å². The molecule has 0 atom stereocenters. The van der Waals surface area contributed by atoms with Gasteiger partial charge in [-0.3, -0.25) is 14.3 Å². The zero-order chi connectivity index (χ0) is 23.3. The highest BCUT2D eigenvalue weighted by Gasteiger charge is 2.18. The molecule has 0 fully saturated rings. The molecule has 5 rings (SSSR count). The second-order valence-electron chi connectivity index (χ2n) is 7.87. The van der Waals surface area contributed by atoms with Crippen LogP contribution >= 0.6 is 11.8 Å². The maximum Gasteiger partial charge on any atom is 0.196 e. The van der Waals surface area contributed by atoms with Gasteiger partial charge in [-0.15, -0.1) is 10.2 Å². The minimum Gasteiger partial charge on any atom is -0.293 e. The Balaban J connectivity index is 1.39. The molecule has 0 radical (unpaired) electrons. The molecule has 0 spiro atoms. The number of thioether (sulfide) groups is 1. The molecule has 0 aliphatic heterocycles. The molecule has 0 aliphatic rings. The van der Waals surface area contributed by atoms with Crippen molar-refractivity contribution in [2.24, 2.45) is 0 Å². The fourth-order valence-electron chi connectivity index (χ4n) is 3.66. The van der Waals surface area contributed by atoms with Crippen LogP contribution in [0.2, 0.25) is 0 Å². The number of aromatic nitrogens is 4. The van der Waals surface area contributed by atoms with Gasteiger partial charge in [-0.1, -0.05) is 84.1 Å². The van der Waals surface area contributed by atoms with Gasteiger partial charge in [-0.05, 0) is 42.3 Å². The summed E-state index contributed by atoms with van der Waals surface area (Å²) in [4.78, 5) is 17.2. The summed E-state index contributed by atoms with van der Waals surface area (Å²) in [5.74, 6) is 1.01. The van der Waals surface area contributed by atoms with E-state index in [0.717, 1.165) is 22.4 Å². The van der Waals surface area contributed by atoms with Crippen molar-refractivity contribution < 1.29 is 4.79 Å². The lowest BCUT2D eigenvalue weighted by atomic mass is 10.0. The van der Waals surface area contributed by atoms with Gasteiger partial charge < -0.3 is 0 Å². The third-order valence-electron chi connectivity index (χ3n) is 5.49. The van der Waals surface area contributed by atoms with Crippen molar-refractivity contribution in [1.82, 2.24) is 19.7 Å². The maximum atomic E-state index is 12.9. The average Bonchev–Trinajstić information content (AvgIpc) is 3.33. The Morgan fingerprint density at radius 1 is 0.794 bits per heavy atom. The van der Waals surface area contributed by atoms with E-state index in [1.165, 1.54) is 17.3 Å². The number of hydrogen-bond donors (Lipinski definition) is 0. The van der Waals surface area contributed by atoms with E-state index in [-0.39, 0.29) is 11.5 Å². The highest BCUT2D eigenvalue weighted by molar-refractivity contribution is 7.99. The number of aryl methyl sites for hydroxylation is 1. The van der Waals surface area contributed by atoms with Crippen molar-refractivity contribution in [3.8, 4) is 28.2 Å². The molecule has 166 valence electrons. The molecule has 2 heterocycles. The van der Waals surface area contributed by atoms with Crippen molar-refractivity contribution in [2.75, 3.05) is 5.75 Å². The maximum absolute atomic E-state index is 12.9. The standard InChI is InChI=1S/C28H22N4OS/c1-20-9-15-25(16-10-20)32-27(24-8-5-17-29-18-24)30-31-28(32)34-19-26(33)23-13-11-22(12-14-23)21-6-3-2-4-7-21/h2-18H,19H2,1H3. The van der Waals surface area contributed by atoms with Crippen LogP contribution in [0.5, 0.6) is 0 Å². The van der Waals surface area contributed by atoms with Gasteiger partial charge in [0.25, 0.3) is 0 Å². The van der Waals surface area contributed by atoms with Crippen molar-refractivity contribution in [2.45, 2.75) is 12.1 Å². The lowest BCUT2D eigenvalue weighted by molar-refractivity contribution is 0.102. The fraction of sp³-hybridized carbons (Fsp3) is 0.0714. The number of carbonyl (C=O) groups is 1. The van der Waals surface area contributed by atoms with Crippen LogP contribution in [-0.2, 0) is 0 Å². The van der Waals surface area contributed by atoms with Gasteiger partial charge in [0.2, 0.25) is 0 Å². The Morgan fingerprint density at radius 3 is 2.21 bits per heavy atom. The van der Waals surface area contributed by atoms with Gasteiger partial charge >= 0.3 is 0 Å². The van der Waals surface area contributed by atoms with Crippen LogP contribution < -0.4 is 0 Å². The molecule has 5 nitrogen and oxygen atoms in total. The van der Waals surface area contributed by atoms with Gasteiger partial charge in [-0.25, -0.2) is 0 Å². The molecular formula is C28H22N4OS. The summed E-state index contributed by atoms with van der Waals surface area (Å²) >= 11 is 1.38. The van der Waals surface area contributed by atoms with Crippen molar-refractivity contribution in [3.63, 3.8) is 0 Å². The smallest absolute Gasteiger partial charge is 0.196 e. The Bertz CT molecular complexity index is 1400. The number of ketones is 1. The summed E-state index contributed by atoms with van der Waals surface area (Å²) in [6.07, 6.45) is 3.50. The third-order valence-corrected chi connectivity index (χ3v) is 6.42. The molecule has 0 bridgehead atoms. The second kappa shape index (κ2) is 9.85. The van der Waals surface area contributed by atoms with Crippen molar-refractivity contribution in [3.05, 3.63) is 115 Å². The zero-order valence-electron chi connectivity index (χ0n) is 18.6. The molecule has 2 aromatic heterocycles. The predicted octanol–water partition coefficient (Wildman–Crippen LogP) is 6.28. The van der Waals surface area contributed by atoms with Crippen molar-refractivity contribution in [1.29, 1.82) is 0 Å². The number of carbonyl (C=O) groups excluding carboxylic acids is 1. The van der Waals surface area contributed by atoms with Gasteiger partial charge in [0.1, 0.15) is 0 Å². The lowest BCUT2D eigenvalue weighted by Crippen LogP contribution is -2.05. The average molecular weight is 463 g/mol. The van der Waals surface area contributed by atoms with Crippen LogP contribution in [0, 0.1) is 6.92 Å². The molecule has 34 heavy (non-hydrogen) atoms. The van der Waals surface area contributed by atoms with E-state index in [9.17, 15) is 4.79 Å². The first kappa shape index (κ1) is 21.8. The monoisotopic (exact) mass is 462 g/mol. The molecule has 0 amide bonds. The molecule has 0 N–H and O–H groups in total. The number of nitrogens with zero attached hydrogens (tertiary/aromatic N) is 4. The first-order valence-corrected chi connectivity index (χ1v) is 11.9. The first-order valence-electron chi connectivity index (χ1n) is 10.9. The second-order valence-corrected chi connectivity index (χ2v) is 8.82. The highest BCUT2D eigenvalue weighted by Crippen LogP contribution is 2.28. The summed E-state index contributed by atoms with van der Waals surface area (Å²) in [6, 6.07) is 29.9. The van der Waals surface area contributed by atoms with Crippen LogP contribution in [0.25, 0.3) is 28.2 Å². The largest absolute Gasteiger partial charge is 0.293 e. The summed E-state index contributed by atoms with van der Waals surface area (Å²) in [6.45, 7) is 2.05. The Kier molecular flexibility index (Phi) is 6.31. The van der Waals surface area contributed by atoms with E-state index in [1.807, 2.05) is 71.3 Å². The first-order chi connectivity index (χ1) is 16.7. The summed E-state index contributed by atoms with van der Waals surface area (Å²) in [5.41, 5.74) is 5.88. The minimum atomic E-state index is 0.0472. The van der Waals surface area contributed by atoms with E-state index in [4.69, 9.17) is 0 Å². The quantitative estimate of drug-likeness (QED) is 0.210. The Hall–Kier alpha value is -4.03. The number of Topliss-reactive ketones (excluding diaryl/α,β-unsaturated/α-hetero) is 1. The van der Waals surface area contributed by atoms with E-state index in [1.54, 1.807) is 12.4 Å². The number of pyridine rings is 1. The topological polar surface area (TPSA) is 60.7 Å². The van der Waals surface area contributed by atoms with Crippen LogP contribution in [0.3, 0.4) is 0 Å². The normalized spacial score (nSPS) is 10.9. The molecule has 0 unspecified atom stereocenters. The van der Waals surface area contributed by atoms with Gasteiger partial charge in [0.05, 0.1) is 5.75 Å². The predicted molar refractivity (Wildman–Crippen MR) is 136 cm³/mol. The molecule has 0 aliphatic carbocycles. The number of hydrogen-bond acceptors (Lipinski definition) is 5. The molecule has 6 heteroatoms. The third kappa shape index (κ3) is 4.67. The van der Waals surface area contributed by atoms with Gasteiger partial charge in [-0.2, -0.15) is 0 Å². The molecule has 5 aromatic rings. The number of benzene rings is 3. The summed E-state index contributed by atoms with van der Waals surface area (Å²) in [7, 11) is 0. The highest BCUT2D eigenvalue weighted by atomic mass is 32.2. The van der Waals surface area contributed by atoms with E-state index in [0.29, 0.717) is 16.5 Å². The molecule has 0 saturated carbocycles. The Labute approximate surface area is 202 Å². The fourth-order valence-corrected chi connectivity index (χ4v) is 4.51. The van der Waals surface area contributed by atoms with Crippen molar-refractivity contribution >= 4 is 17.5 Å². The van der Waals surface area contributed by atoms with Gasteiger partial charge in [0, 0.05) is 29.2 Å². The van der Waals surface area contributed by atoms with Crippen LogP contribution in [0.4, 0.5) is 0 Å². The molecule has 0 saturated heterocycles. The molecule has 3 aromatic carbocycles. The number of rotatable bonds is 7. The van der Waals surface area contributed by atoms with Gasteiger partial charge in [0.15, 0.2) is 16.8 Å². The SMILES string of the molecule is Cc1ccc(-n2c(SCC(=O)c3ccc(-c4ccccc4)cc3)nnc2-c2cccnc2)cc1. The Morgan fingerprint density at radius 2 is 1.50 bits per heavy atom. The van der Waals surface area contributed by atoms with Crippen LogP contribution in [0.15, 0.2) is 109 Å². The zero-order valence-corrected chi connectivity index (χ0v) is 19.4. The molecular weight excluding hydrogens is 440 g/mol. The van der Waals surface area contributed by atoms with E-state index < -0.39 is 0 Å². The summed E-state index contributed by atoms with van der Waals surface area (Å²) < 4.78 is 1.98.